The van der Waals surface area contributed by atoms with Crippen molar-refractivity contribution in [3.63, 3.8) is 0 Å². The summed E-state index contributed by atoms with van der Waals surface area (Å²) < 4.78 is 16.4. The van der Waals surface area contributed by atoms with Crippen LogP contribution in [0.2, 0.25) is 0 Å². The highest BCUT2D eigenvalue weighted by atomic mass is 16.7. The van der Waals surface area contributed by atoms with E-state index in [4.69, 9.17) is 14.2 Å². The van der Waals surface area contributed by atoms with Crippen molar-refractivity contribution in [3.05, 3.63) is 35.4 Å². The van der Waals surface area contributed by atoms with Crippen molar-refractivity contribution >= 4 is 0 Å². The summed E-state index contributed by atoms with van der Waals surface area (Å²) in [5, 5.41) is 21.7. The van der Waals surface area contributed by atoms with Crippen LogP contribution in [0.4, 0.5) is 0 Å². The Labute approximate surface area is 133 Å². The third-order valence-corrected chi connectivity index (χ3v) is 5.84. The number of aliphatic hydroxyl groups excluding tert-OH is 2. The third-order valence-electron chi connectivity index (χ3n) is 5.84. The zero-order valence-electron chi connectivity index (χ0n) is 12.8. The average Bonchev–Trinajstić information content (AvgIpc) is 3.12. The van der Waals surface area contributed by atoms with Gasteiger partial charge in [-0.05, 0) is 24.1 Å². The van der Waals surface area contributed by atoms with Crippen molar-refractivity contribution in [2.75, 3.05) is 20.4 Å². The monoisotopic (exact) mass is 317 g/mol. The molecule has 6 nitrogen and oxygen atoms in total. The standard InChI is InChI=1S/C17H19NO5/c1-21-9-2-3-17-11-6-13-12(22-8-23-13)5-10(11)16(20)18(7-15(17)19)14(17)4-9/h2-3,5-6,9,14-16,19-20H,4,7-8H2,1H3/t9-,14?,15?,16?,17?/m1/s1. The van der Waals surface area contributed by atoms with Crippen molar-refractivity contribution in [2.45, 2.75) is 36.3 Å². The molecule has 1 fully saturated rings. The molecule has 6 heteroatoms. The van der Waals surface area contributed by atoms with Crippen LogP contribution < -0.4 is 9.47 Å². The number of benzene rings is 1. The molecule has 1 aromatic carbocycles. The molecule has 122 valence electrons. The van der Waals surface area contributed by atoms with E-state index < -0.39 is 17.7 Å². The van der Waals surface area contributed by atoms with Crippen LogP contribution in [0.5, 0.6) is 11.5 Å². The Hall–Kier alpha value is -1.60. The van der Waals surface area contributed by atoms with Gasteiger partial charge in [-0.3, -0.25) is 4.90 Å². The lowest BCUT2D eigenvalue weighted by Crippen LogP contribution is -2.53. The minimum absolute atomic E-state index is 0.00341. The Balaban J connectivity index is 1.75. The van der Waals surface area contributed by atoms with E-state index in [1.165, 1.54) is 0 Å². The molecule has 0 radical (unpaired) electrons. The lowest BCUT2D eigenvalue weighted by atomic mass is 9.65. The molecule has 1 saturated heterocycles. The predicted molar refractivity (Wildman–Crippen MR) is 80.3 cm³/mol. The normalized spacial score (nSPS) is 42.5. The maximum Gasteiger partial charge on any atom is 0.231 e. The predicted octanol–water partition coefficient (Wildman–Crippen LogP) is 0.678. The second-order valence-corrected chi connectivity index (χ2v) is 6.70. The van der Waals surface area contributed by atoms with Gasteiger partial charge < -0.3 is 24.4 Å². The summed E-state index contributed by atoms with van der Waals surface area (Å²) in [5.74, 6) is 1.33. The smallest absolute Gasteiger partial charge is 0.231 e. The van der Waals surface area contributed by atoms with Crippen LogP contribution in [-0.4, -0.2) is 53.8 Å². The topological polar surface area (TPSA) is 71.4 Å². The molecule has 3 heterocycles. The summed E-state index contributed by atoms with van der Waals surface area (Å²) >= 11 is 0. The Morgan fingerprint density at radius 1 is 1.26 bits per heavy atom. The molecule has 0 amide bonds. The van der Waals surface area contributed by atoms with Gasteiger partial charge in [-0.1, -0.05) is 12.2 Å². The number of ether oxygens (including phenoxy) is 3. The summed E-state index contributed by atoms with van der Waals surface area (Å²) in [5.41, 5.74) is 1.21. The van der Waals surface area contributed by atoms with Crippen LogP contribution in [0.25, 0.3) is 0 Å². The number of methoxy groups -OCH3 is 1. The molecular weight excluding hydrogens is 298 g/mol. The van der Waals surface area contributed by atoms with Crippen LogP contribution in [0, 0.1) is 0 Å². The molecule has 1 aliphatic carbocycles. The average molecular weight is 317 g/mol. The fraction of sp³-hybridized carbons (Fsp3) is 0.529. The molecule has 0 spiro atoms. The van der Waals surface area contributed by atoms with Gasteiger partial charge in [-0.2, -0.15) is 0 Å². The molecule has 3 aliphatic heterocycles. The molecule has 0 saturated carbocycles. The van der Waals surface area contributed by atoms with Crippen LogP contribution >= 0.6 is 0 Å². The van der Waals surface area contributed by atoms with Gasteiger partial charge in [0.15, 0.2) is 11.5 Å². The number of hydrogen-bond acceptors (Lipinski definition) is 6. The number of nitrogens with zero attached hydrogens (tertiary/aromatic N) is 1. The van der Waals surface area contributed by atoms with E-state index in [2.05, 4.69) is 6.08 Å². The van der Waals surface area contributed by atoms with Crippen molar-refractivity contribution in [3.8, 4) is 11.5 Å². The van der Waals surface area contributed by atoms with Gasteiger partial charge >= 0.3 is 0 Å². The number of fused-ring (bicyclic) bond motifs is 2. The molecule has 4 aliphatic rings. The molecule has 2 bridgehead atoms. The van der Waals surface area contributed by atoms with Gasteiger partial charge in [-0.25, -0.2) is 0 Å². The molecule has 5 rings (SSSR count). The zero-order chi connectivity index (χ0) is 15.8. The van der Waals surface area contributed by atoms with E-state index in [1.54, 1.807) is 7.11 Å². The second kappa shape index (κ2) is 4.48. The Bertz CT molecular complexity index is 704. The minimum atomic E-state index is -0.751. The highest BCUT2D eigenvalue weighted by Crippen LogP contribution is 2.56. The van der Waals surface area contributed by atoms with Gasteiger partial charge in [0, 0.05) is 25.3 Å². The fourth-order valence-corrected chi connectivity index (χ4v) is 4.71. The molecule has 0 aromatic heterocycles. The summed E-state index contributed by atoms with van der Waals surface area (Å²) in [6, 6.07) is 3.79. The van der Waals surface area contributed by atoms with Gasteiger partial charge in [-0.15, -0.1) is 0 Å². The van der Waals surface area contributed by atoms with E-state index in [1.807, 2.05) is 23.1 Å². The second-order valence-electron chi connectivity index (χ2n) is 6.70. The van der Waals surface area contributed by atoms with Crippen LogP contribution in [0.15, 0.2) is 24.3 Å². The third kappa shape index (κ3) is 1.57. The van der Waals surface area contributed by atoms with Crippen LogP contribution in [-0.2, 0) is 10.2 Å². The fourth-order valence-electron chi connectivity index (χ4n) is 4.71. The zero-order valence-corrected chi connectivity index (χ0v) is 12.8. The lowest BCUT2D eigenvalue weighted by molar-refractivity contribution is -0.0399. The van der Waals surface area contributed by atoms with Crippen molar-refractivity contribution in [1.29, 1.82) is 0 Å². The molecule has 6 atom stereocenters. The van der Waals surface area contributed by atoms with Gasteiger partial charge in [0.2, 0.25) is 6.79 Å². The van der Waals surface area contributed by atoms with E-state index in [9.17, 15) is 10.2 Å². The molecule has 23 heavy (non-hydrogen) atoms. The van der Waals surface area contributed by atoms with Crippen molar-refractivity contribution < 1.29 is 24.4 Å². The Kier molecular flexibility index (Phi) is 2.69. The molecule has 5 unspecified atom stereocenters. The lowest BCUT2D eigenvalue weighted by Gasteiger charge is -2.48. The molecular formula is C17H19NO5. The number of hydrogen-bond donors (Lipinski definition) is 2. The van der Waals surface area contributed by atoms with Crippen LogP contribution in [0.3, 0.4) is 0 Å². The van der Waals surface area contributed by atoms with Gasteiger partial charge in [0.05, 0.1) is 17.6 Å². The van der Waals surface area contributed by atoms with E-state index in [-0.39, 0.29) is 18.9 Å². The largest absolute Gasteiger partial charge is 0.454 e. The van der Waals surface area contributed by atoms with E-state index in [0.717, 1.165) is 17.5 Å². The number of aliphatic hydroxyl groups is 2. The first-order chi connectivity index (χ1) is 11.1. The quantitative estimate of drug-likeness (QED) is 0.742. The van der Waals surface area contributed by atoms with Crippen molar-refractivity contribution in [2.24, 2.45) is 0 Å². The van der Waals surface area contributed by atoms with Crippen molar-refractivity contribution in [1.82, 2.24) is 4.90 Å². The summed E-state index contributed by atoms with van der Waals surface area (Å²) in [4.78, 5) is 1.98. The van der Waals surface area contributed by atoms with E-state index >= 15 is 0 Å². The maximum atomic E-state index is 10.8. The first-order valence-electron chi connectivity index (χ1n) is 7.93. The first kappa shape index (κ1) is 13.8. The molecule has 1 aromatic rings. The minimum Gasteiger partial charge on any atom is -0.454 e. The van der Waals surface area contributed by atoms with E-state index in [0.29, 0.717) is 18.0 Å². The highest BCUT2D eigenvalue weighted by Gasteiger charge is 2.61. The maximum absolute atomic E-state index is 10.8. The number of rotatable bonds is 1. The Morgan fingerprint density at radius 2 is 2.04 bits per heavy atom. The Morgan fingerprint density at radius 3 is 2.83 bits per heavy atom. The summed E-state index contributed by atoms with van der Waals surface area (Å²) in [6.07, 6.45) is 3.51. The van der Waals surface area contributed by atoms with Gasteiger partial charge in [0.25, 0.3) is 0 Å². The summed E-state index contributed by atoms with van der Waals surface area (Å²) in [6.45, 7) is 0.631. The first-order valence-corrected chi connectivity index (χ1v) is 7.93. The molecule has 2 N–H and O–H groups in total. The summed E-state index contributed by atoms with van der Waals surface area (Å²) in [7, 11) is 1.69. The SMILES string of the molecule is CO[C@@H]1C=CC23c4cc5c(cc4C(O)N(CC2O)C3C1)OCO5. The van der Waals surface area contributed by atoms with Crippen LogP contribution in [0.1, 0.15) is 23.8 Å². The highest BCUT2D eigenvalue weighted by molar-refractivity contribution is 5.57. The van der Waals surface area contributed by atoms with Gasteiger partial charge in [0.1, 0.15) is 6.23 Å².